The molecule has 0 aliphatic carbocycles. The third-order valence-corrected chi connectivity index (χ3v) is 6.98. The Kier molecular flexibility index (Phi) is 13.7. The van der Waals surface area contributed by atoms with Crippen LogP contribution >= 0.6 is 0 Å². The Labute approximate surface area is 256 Å². The smallest absolute Gasteiger partial charge is 0.408 e. The maximum Gasteiger partial charge on any atom is 0.408 e. The fourth-order valence-electron chi connectivity index (χ4n) is 5.00. The van der Waals surface area contributed by atoms with Gasteiger partial charge in [0.15, 0.2) is 0 Å². The van der Waals surface area contributed by atoms with Crippen LogP contribution in [0.5, 0.6) is 0 Å². The van der Waals surface area contributed by atoms with E-state index in [9.17, 15) is 19.2 Å². The third-order valence-electron chi connectivity index (χ3n) is 6.98. The number of ether oxygens (including phenoxy) is 1. The number of benzene rings is 2. The fourth-order valence-corrected chi connectivity index (χ4v) is 5.00. The number of unbranched alkanes of at least 4 members (excludes halogenated alkanes) is 4. The van der Waals surface area contributed by atoms with Gasteiger partial charge in [-0.1, -0.05) is 80.1 Å². The summed E-state index contributed by atoms with van der Waals surface area (Å²) >= 11 is 0. The standard InChI is InChI=1S/C34H50N4O5/c1-8-9-10-11-14-19-38(32(41)28(17-18-29(35)39)37-33(42)43-34(5,6)7)30(26-21-23(2)20-24(3)22-26)31(40)36-27-16-13-12-15-25(27)4/h12-13,15-16,20-22,28,30H,8-11,14,17-19H2,1-7H3,(H2,35,39)(H,36,40)(H,37,42). The Morgan fingerprint density at radius 2 is 1.56 bits per heavy atom. The molecule has 43 heavy (non-hydrogen) atoms. The van der Waals surface area contributed by atoms with Crippen LogP contribution < -0.4 is 16.4 Å². The van der Waals surface area contributed by atoms with Crippen molar-refractivity contribution in [2.24, 2.45) is 5.73 Å². The highest BCUT2D eigenvalue weighted by atomic mass is 16.6. The molecule has 0 saturated heterocycles. The highest BCUT2D eigenvalue weighted by Crippen LogP contribution is 2.28. The van der Waals surface area contributed by atoms with Crippen LogP contribution in [0, 0.1) is 20.8 Å². The van der Waals surface area contributed by atoms with Crippen molar-refractivity contribution >= 4 is 29.5 Å². The molecule has 4 N–H and O–H groups in total. The van der Waals surface area contributed by atoms with Gasteiger partial charge in [-0.15, -0.1) is 0 Å². The van der Waals surface area contributed by atoms with Crippen molar-refractivity contribution in [3.63, 3.8) is 0 Å². The van der Waals surface area contributed by atoms with Crippen LogP contribution in [0.3, 0.4) is 0 Å². The number of nitrogens with zero attached hydrogens (tertiary/aromatic N) is 1. The topological polar surface area (TPSA) is 131 Å². The summed E-state index contributed by atoms with van der Waals surface area (Å²) in [6.07, 6.45) is 3.75. The molecule has 236 valence electrons. The van der Waals surface area contributed by atoms with Gasteiger partial charge in [0.2, 0.25) is 11.8 Å². The highest BCUT2D eigenvalue weighted by molar-refractivity contribution is 5.99. The maximum atomic E-state index is 14.4. The molecule has 0 heterocycles. The van der Waals surface area contributed by atoms with Gasteiger partial charge in [-0.05, 0) is 71.6 Å². The van der Waals surface area contributed by atoms with E-state index in [1.54, 1.807) is 20.8 Å². The number of nitrogens with two attached hydrogens (primary N) is 1. The van der Waals surface area contributed by atoms with Crippen LogP contribution in [0.4, 0.5) is 10.5 Å². The second-order valence-electron chi connectivity index (χ2n) is 12.3. The number of hydrogen-bond donors (Lipinski definition) is 3. The Morgan fingerprint density at radius 1 is 0.930 bits per heavy atom. The van der Waals surface area contributed by atoms with Crippen LogP contribution in [0.25, 0.3) is 0 Å². The number of primary amides is 1. The summed E-state index contributed by atoms with van der Waals surface area (Å²) in [6.45, 7) is 13.4. The average Bonchev–Trinajstić information content (AvgIpc) is 2.89. The highest BCUT2D eigenvalue weighted by Gasteiger charge is 2.36. The summed E-state index contributed by atoms with van der Waals surface area (Å²) in [6, 6.07) is 11.2. The lowest BCUT2D eigenvalue weighted by atomic mass is 9.97. The number of amides is 4. The number of anilines is 1. The maximum absolute atomic E-state index is 14.4. The predicted molar refractivity (Wildman–Crippen MR) is 171 cm³/mol. The molecule has 9 heteroatoms. The molecular weight excluding hydrogens is 544 g/mol. The number of rotatable bonds is 15. The summed E-state index contributed by atoms with van der Waals surface area (Å²) in [5.41, 5.74) is 8.75. The quantitative estimate of drug-likeness (QED) is 0.210. The van der Waals surface area contributed by atoms with Gasteiger partial charge in [0, 0.05) is 18.7 Å². The molecule has 9 nitrogen and oxygen atoms in total. The first-order valence-electron chi connectivity index (χ1n) is 15.2. The van der Waals surface area contributed by atoms with Crippen molar-refractivity contribution in [2.75, 3.05) is 11.9 Å². The molecule has 4 amide bonds. The first-order chi connectivity index (χ1) is 20.2. The number of carbonyl (C=O) groups is 4. The molecule has 0 spiro atoms. The number of nitrogens with one attached hydrogen (secondary N) is 2. The second-order valence-corrected chi connectivity index (χ2v) is 12.3. The molecular formula is C34H50N4O5. The van der Waals surface area contributed by atoms with E-state index < -0.39 is 35.6 Å². The summed E-state index contributed by atoms with van der Waals surface area (Å²) in [7, 11) is 0. The molecule has 0 aliphatic heterocycles. The Bertz CT molecular complexity index is 1230. The molecule has 2 aromatic carbocycles. The lowest BCUT2D eigenvalue weighted by molar-refractivity contribution is -0.141. The Morgan fingerprint density at radius 3 is 2.14 bits per heavy atom. The number of para-hydroxylation sites is 1. The van der Waals surface area contributed by atoms with E-state index in [1.165, 1.54) is 4.90 Å². The zero-order valence-corrected chi connectivity index (χ0v) is 26.9. The minimum absolute atomic E-state index is 0.0290. The largest absolute Gasteiger partial charge is 0.444 e. The van der Waals surface area contributed by atoms with Crippen molar-refractivity contribution in [1.82, 2.24) is 10.2 Å². The van der Waals surface area contributed by atoms with Gasteiger partial charge in [0.1, 0.15) is 17.7 Å². The first kappa shape index (κ1) is 35.3. The minimum Gasteiger partial charge on any atom is -0.444 e. The summed E-state index contributed by atoms with van der Waals surface area (Å²) < 4.78 is 5.43. The molecule has 0 aliphatic rings. The second kappa shape index (κ2) is 16.7. The molecule has 2 aromatic rings. The van der Waals surface area contributed by atoms with Gasteiger partial charge < -0.3 is 26.0 Å². The van der Waals surface area contributed by atoms with Gasteiger partial charge in [0.25, 0.3) is 5.91 Å². The van der Waals surface area contributed by atoms with Gasteiger partial charge in [-0.2, -0.15) is 0 Å². The number of aryl methyl sites for hydroxylation is 3. The number of alkyl carbamates (subject to hydrolysis) is 1. The Hall–Kier alpha value is -3.88. The number of carbonyl (C=O) groups excluding carboxylic acids is 4. The van der Waals surface area contributed by atoms with E-state index in [4.69, 9.17) is 10.5 Å². The minimum atomic E-state index is -1.13. The zero-order valence-electron chi connectivity index (χ0n) is 26.9. The fraction of sp³-hybridized carbons (Fsp3) is 0.529. The van der Waals surface area contributed by atoms with E-state index in [2.05, 4.69) is 17.6 Å². The van der Waals surface area contributed by atoms with Crippen LogP contribution in [-0.4, -0.2) is 46.9 Å². The van der Waals surface area contributed by atoms with Crippen molar-refractivity contribution in [1.29, 1.82) is 0 Å². The lowest BCUT2D eigenvalue weighted by Gasteiger charge is -2.35. The van der Waals surface area contributed by atoms with Gasteiger partial charge in [-0.25, -0.2) is 4.79 Å². The molecule has 2 rings (SSSR count). The Balaban J connectivity index is 2.60. The van der Waals surface area contributed by atoms with Crippen LogP contribution in [0.15, 0.2) is 42.5 Å². The molecule has 0 radical (unpaired) electrons. The monoisotopic (exact) mass is 594 g/mol. The molecule has 0 aromatic heterocycles. The normalized spacial score (nSPS) is 12.6. The van der Waals surface area contributed by atoms with Crippen molar-refractivity contribution < 1.29 is 23.9 Å². The lowest BCUT2D eigenvalue weighted by Crippen LogP contribution is -2.53. The van der Waals surface area contributed by atoms with Crippen LogP contribution in [-0.2, 0) is 19.1 Å². The van der Waals surface area contributed by atoms with Gasteiger partial charge in [-0.3, -0.25) is 14.4 Å². The summed E-state index contributed by atoms with van der Waals surface area (Å²) in [4.78, 5) is 54.7. The molecule has 0 bridgehead atoms. The van der Waals surface area contributed by atoms with Crippen molar-refractivity contribution in [2.45, 2.75) is 111 Å². The van der Waals surface area contributed by atoms with Crippen molar-refractivity contribution in [3.8, 4) is 0 Å². The predicted octanol–water partition coefficient (Wildman–Crippen LogP) is 6.25. The van der Waals surface area contributed by atoms with Crippen LogP contribution in [0.2, 0.25) is 0 Å². The van der Waals surface area contributed by atoms with Gasteiger partial charge >= 0.3 is 6.09 Å². The van der Waals surface area contributed by atoms with E-state index in [1.807, 2.05) is 63.2 Å². The molecule has 2 unspecified atom stereocenters. The average molecular weight is 595 g/mol. The molecule has 0 saturated carbocycles. The van der Waals surface area contributed by atoms with Crippen LogP contribution in [0.1, 0.15) is 101 Å². The SMILES string of the molecule is CCCCCCCN(C(=O)C(CCC(N)=O)NC(=O)OC(C)(C)C)C(C(=O)Nc1ccccc1C)c1cc(C)cc(C)c1. The summed E-state index contributed by atoms with van der Waals surface area (Å²) in [5, 5.41) is 5.69. The van der Waals surface area contributed by atoms with Gasteiger partial charge in [0.05, 0.1) is 0 Å². The number of hydrogen-bond acceptors (Lipinski definition) is 5. The molecule has 2 atom stereocenters. The molecule has 0 fully saturated rings. The van der Waals surface area contributed by atoms with E-state index in [-0.39, 0.29) is 25.3 Å². The van der Waals surface area contributed by atoms with Crippen molar-refractivity contribution in [3.05, 3.63) is 64.7 Å². The van der Waals surface area contributed by atoms with E-state index in [0.717, 1.165) is 42.4 Å². The first-order valence-corrected chi connectivity index (χ1v) is 15.2. The van der Waals surface area contributed by atoms with E-state index >= 15 is 0 Å². The van der Waals surface area contributed by atoms with E-state index in [0.29, 0.717) is 17.7 Å². The summed E-state index contributed by atoms with van der Waals surface area (Å²) in [5.74, 6) is -1.45. The third kappa shape index (κ3) is 12.1. The zero-order chi connectivity index (χ0) is 32.2.